The maximum Gasteiger partial charge on any atom is 0.220 e. The second-order valence-electron chi connectivity index (χ2n) is 5.18. The Hall–Kier alpha value is -1.75. The van der Waals surface area contributed by atoms with Crippen LogP contribution in [0, 0.1) is 5.92 Å². The predicted octanol–water partition coefficient (Wildman–Crippen LogP) is 1.35. The van der Waals surface area contributed by atoms with Gasteiger partial charge in [-0.1, -0.05) is 0 Å². The number of hydrogen-bond donors (Lipinski definition) is 3. The zero-order chi connectivity index (χ0) is 14.2. The Morgan fingerprint density at radius 2 is 2.20 bits per heavy atom. The molecule has 110 valence electrons. The molecule has 1 amide bonds. The standard InChI is InChI=1S/C15H23N3O2/c16-15(19)7-9-20-14-5-3-13(4-6-14)18-11-12-2-1-8-17-10-12/h3-6,12,17-18H,1-2,7-11H2,(H2,16,19). The molecule has 2 rings (SSSR count). The van der Waals surface area contributed by atoms with E-state index < -0.39 is 0 Å². The molecule has 5 heteroatoms. The molecule has 0 radical (unpaired) electrons. The topological polar surface area (TPSA) is 76.4 Å². The van der Waals surface area contributed by atoms with Crippen LogP contribution >= 0.6 is 0 Å². The van der Waals surface area contributed by atoms with Crippen LogP contribution < -0.4 is 21.1 Å². The van der Waals surface area contributed by atoms with Crippen LogP contribution in [0.3, 0.4) is 0 Å². The van der Waals surface area contributed by atoms with Crippen LogP contribution in [0.2, 0.25) is 0 Å². The lowest BCUT2D eigenvalue weighted by molar-refractivity contribution is -0.118. The van der Waals surface area contributed by atoms with Crippen molar-refractivity contribution in [1.29, 1.82) is 0 Å². The fourth-order valence-electron chi connectivity index (χ4n) is 2.30. The zero-order valence-corrected chi connectivity index (χ0v) is 11.7. The molecule has 1 aromatic rings. The summed E-state index contributed by atoms with van der Waals surface area (Å²) in [5, 5.41) is 6.86. The number of rotatable bonds is 7. The van der Waals surface area contributed by atoms with Gasteiger partial charge in [-0.25, -0.2) is 0 Å². The molecule has 0 saturated carbocycles. The first-order valence-corrected chi connectivity index (χ1v) is 7.20. The van der Waals surface area contributed by atoms with Gasteiger partial charge in [0.25, 0.3) is 0 Å². The van der Waals surface area contributed by atoms with Crippen LogP contribution in [0.15, 0.2) is 24.3 Å². The third kappa shape index (κ3) is 5.09. The average molecular weight is 277 g/mol. The number of nitrogens with two attached hydrogens (primary N) is 1. The maximum absolute atomic E-state index is 10.6. The summed E-state index contributed by atoms with van der Waals surface area (Å²) in [5.41, 5.74) is 6.15. The first-order valence-electron chi connectivity index (χ1n) is 7.20. The minimum absolute atomic E-state index is 0.245. The molecule has 4 N–H and O–H groups in total. The average Bonchev–Trinajstić information content (AvgIpc) is 2.47. The van der Waals surface area contributed by atoms with E-state index in [-0.39, 0.29) is 12.3 Å². The first-order chi connectivity index (χ1) is 9.74. The quantitative estimate of drug-likeness (QED) is 0.703. The van der Waals surface area contributed by atoms with Gasteiger partial charge in [0.15, 0.2) is 0 Å². The van der Waals surface area contributed by atoms with E-state index in [0.29, 0.717) is 12.5 Å². The highest BCUT2D eigenvalue weighted by Gasteiger charge is 2.12. The summed E-state index contributed by atoms with van der Waals surface area (Å²) < 4.78 is 5.43. The molecule has 1 aromatic carbocycles. The molecule has 0 aliphatic carbocycles. The number of benzene rings is 1. The van der Waals surface area contributed by atoms with E-state index >= 15 is 0 Å². The summed E-state index contributed by atoms with van der Waals surface area (Å²) in [4.78, 5) is 10.6. The molecular formula is C15H23N3O2. The van der Waals surface area contributed by atoms with Gasteiger partial charge in [0.1, 0.15) is 5.75 Å². The van der Waals surface area contributed by atoms with Crippen LogP contribution in [-0.2, 0) is 4.79 Å². The monoisotopic (exact) mass is 277 g/mol. The minimum Gasteiger partial charge on any atom is -0.493 e. The highest BCUT2D eigenvalue weighted by Crippen LogP contribution is 2.17. The van der Waals surface area contributed by atoms with Crippen molar-refractivity contribution < 1.29 is 9.53 Å². The molecule has 1 unspecified atom stereocenters. The Morgan fingerprint density at radius 3 is 2.85 bits per heavy atom. The van der Waals surface area contributed by atoms with E-state index in [0.717, 1.165) is 31.1 Å². The Labute approximate surface area is 119 Å². The maximum atomic E-state index is 10.6. The van der Waals surface area contributed by atoms with Crippen LogP contribution in [0.25, 0.3) is 0 Å². The smallest absolute Gasteiger partial charge is 0.220 e. The van der Waals surface area contributed by atoms with Crippen LogP contribution in [0.4, 0.5) is 5.69 Å². The van der Waals surface area contributed by atoms with Gasteiger partial charge in [-0.2, -0.15) is 0 Å². The van der Waals surface area contributed by atoms with Crippen molar-refractivity contribution in [1.82, 2.24) is 5.32 Å². The lowest BCUT2D eigenvalue weighted by atomic mass is 10.00. The van der Waals surface area contributed by atoms with Crippen molar-refractivity contribution in [3.05, 3.63) is 24.3 Å². The van der Waals surface area contributed by atoms with Gasteiger partial charge in [0, 0.05) is 12.2 Å². The number of anilines is 1. The molecule has 1 aliphatic heterocycles. The van der Waals surface area contributed by atoms with Crippen LogP contribution in [0.5, 0.6) is 5.75 Å². The highest BCUT2D eigenvalue weighted by molar-refractivity contribution is 5.73. The zero-order valence-electron chi connectivity index (χ0n) is 11.7. The summed E-state index contributed by atoms with van der Waals surface area (Å²) in [5.74, 6) is 1.12. The van der Waals surface area contributed by atoms with Gasteiger partial charge < -0.3 is 21.1 Å². The number of primary amides is 1. The molecule has 1 atom stereocenters. The molecule has 5 nitrogen and oxygen atoms in total. The fraction of sp³-hybridized carbons (Fsp3) is 0.533. The first kappa shape index (κ1) is 14.7. The van der Waals surface area contributed by atoms with E-state index in [4.69, 9.17) is 10.5 Å². The summed E-state index contributed by atoms with van der Waals surface area (Å²) in [6.45, 7) is 3.57. The minimum atomic E-state index is -0.343. The normalized spacial score (nSPS) is 18.5. The van der Waals surface area contributed by atoms with E-state index in [2.05, 4.69) is 10.6 Å². The molecule has 20 heavy (non-hydrogen) atoms. The number of carbonyl (C=O) groups is 1. The third-order valence-electron chi connectivity index (χ3n) is 3.47. The number of carbonyl (C=O) groups excluding carboxylic acids is 1. The Kier molecular flexibility index (Phi) is 5.68. The molecule has 1 fully saturated rings. The number of nitrogens with one attached hydrogen (secondary N) is 2. The van der Waals surface area contributed by atoms with Gasteiger partial charge in [0.05, 0.1) is 13.0 Å². The lowest BCUT2D eigenvalue weighted by Gasteiger charge is -2.23. The molecular weight excluding hydrogens is 254 g/mol. The molecule has 1 aliphatic rings. The lowest BCUT2D eigenvalue weighted by Crippen LogP contribution is -2.33. The Morgan fingerprint density at radius 1 is 1.40 bits per heavy atom. The summed E-state index contributed by atoms with van der Waals surface area (Å²) in [6, 6.07) is 7.80. The summed E-state index contributed by atoms with van der Waals surface area (Å²) >= 11 is 0. The number of piperidine rings is 1. The van der Waals surface area contributed by atoms with Crippen molar-refractivity contribution in [2.24, 2.45) is 11.7 Å². The van der Waals surface area contributed by atoms with Crippen molar-refractivity contribution in [3.63, 3.8) is 0 Å². The van der Waals surface area contributed by atoms with Gasteiger partial charge in [-0.15, -0.1) is 0 Å². The summed E-state index contributed by atoms with van der Waals surface area (Å²) in [6.07, 6.45) is 2.79. The van der Waals surface area contributed by atoms with Gasteiger partial charge in [0.2, 0.25) is 5.91 Å². The van der Waals surface area contributed by atoms with Crippen molar-refractivity contribution in [2.75, 3.05) is 31.6 Å². The fourth-order valence-corrected chi connectivity index (χ4v) is 2.30. The summed E-state index contributed by atoms with van der Waals surface area (Å²) in [7, 11) is 0. The SMILES string of the molecule is NC(=O)CCOc1ccc(NCC2CCCNC2)cc1. The highest BCUT2D eigenvalue weighted by atomic mass is 16.5. The predicted molar refractivity (Wildman–Crippen MR) is 79.8 cm³/mol. The number of amides is 1. The second-order valence-corrected chi connectivity index (χ2v) is 5.18. The van der Waals surface area contributed by atoms with Gasteiger partial charge in [-0.05, 0) is 56.1 Å². The molecule has 0 aromatic heterocycles. The molecule has 0 spiro atoms. The Bertz CT molecular complexity index is 414. The van der Waals surface area contributed by atoms with E-state index in [1.807, 2.05) is 24.3 Å². The van der Waals surface area contributed by atoms with E-state index in [1.54, 1.807) is 0 Å². The molecule has 1 heterocycles. The largest absolute Gasteiger partial charge is 0.493 e. The third-order valence-corrected chi connectivity index (χ3v) is 3.47. The molecule has 1 saturated heterocycles. The number of hydrogen-bond acceptors (Lipinski definition) is 4. The van der Waals surface area contributed by atoms with E-state index in [9.17, 15) is 4.79 Å². The van der Waals surface area contributed by atoms with Crippen molar-refractivity contribution >= 4 is 11.6 Å². The van der Waals surface area contributed by atoms with E-state index in [1.165, 1.54) is 12.8 Å². The van der Waals surface area contributed by atoms with Crippen molar-refractivity contribution in [3.8, 4) is 5.75 Å². The number of ether oxygens (including phenoxy) is 1. The second kappa shape index (κ2) is 7.75. The van der Waals surface area contributed by atoms with Crippen LogP contribution in [-0.4, -0.2) is 32.1 Å². The van der Waals surface area contributed by atoms with Gasteiger partial charge >= 0.3 is 0 Å². The van der Waals surface area contributed by atoms with Crippen LogP contribution in [0.1, 0.15) is 19.3 Å². The Balaban J connectivity index is 1.71. The van der Waals surface area contributed by atoms with Gasteiger partial charge in [-0.3, -0.25) is 4.79 Å². The van der Waals surface area contributed by atoms with Crippen molar-refractivity contribution in [2.45, 2.75) is 19.3 Å². The molecule has 0 bridgehead atoms.